The maximum Gasteiger partial charge on any atom is 0.256 e. The Morgan fingerprint density at radius 1 is 0.980 bits per heavy atom. The molecule has 1 saturated heterocycles. The lowest BCUT2D eigenvalue weighted by atomic mass is 9.89. The molecule has 1 N–H and O–H groups in total. The average molecular weight is 709 g/mol. The van der Waals surface area contributed by atoms with Gasteiger partial charge >= 0.3 is 0 Å². The molecule has 3 atom stereocenters. The second kappa shape index (κ2) is 16.9. The zero-order valence-corrected chi connectivity index (χ0v) is 30.4. The minimum absolute atomic E-state index is 0.185. The van der Waals surface area contributed by atoms with Crippen LogP contribution >= 0.6 is 11.6 Å². The molecule has 0 spiro atoms. The van der Waals surface area contributed by atoms with E-state index in [1.54, 1.807) is 23.4 Å². The monoisotopic (exact) mass is 708 g/mol. The van der Waals surface area contributed by atoms with Gasteiger partial charge in [0.05, 0.1) is 55.3 Å². The van der Waals surface area contributed by atoms with Crippen LogP contribution in [0.4, 0.5) is 11.6 Å². The number of rotatable bonds is 15. The van der Waals surface area contributed by atoms with Crippen LogP contribution < -0.4 is 14.8 Å². The number of morpholine rings is 1. The summed E-state index contributed by atoms with van der Waals surface area (Å²) >= 11 is 6.47. The Bertz CT molecular complexity index is 1620. The Morgan fingerprint density at radius 2 is 1.72 bits per heavy atom. The summed E-state index contributed by atoms with van der Waals surface area (Å²) in [7, 11) is 0. The van der Waals surface area contributed by atoms with E-state index in [0.29, 0.717) is 54.4 Å². The Balaban J connectivity index is 1.11. The van der Waals surface area contributed by atoms with Crippen molar-refractivity contribution >= 4 is 23.2 Å². The van der Waals surface area contributed by atoms with Crippen LogP contribution in [0.5, 0.6) is 11.6 Å². The van der Waals surface area contributed by atoms with Crippen LogP contribution in [0.2, 0.25) is 5.02 Å². The molecular formula is C35H49ClN10O4. The number of nitrogens with zero attached hydrogens (tertiary/aromatic N) is 9. The third-order valence-corrected chi connectivity index (χ3v) is 9.32. The van der Waals surface area contributed by atoms with Crippen LogP contribution in [0.1, 0.15) is 72.8 Å². The first kappa shape index (κ1) is 36.0. The number of anilines is 2. The van der Waals surface area contributed by atoms with Crippen molar-refractivity contribution in [3.05, 3.63) is 48.1 Å². The summed E-state index contributed by atoms with van der Waals surface area (Å²) in [6.07, 6.45) is 12.8. The predicted octanol–water partition coefficient (Wildman–Crippen LogP) is 5.98. The summed E-state index contributed by atoms with van der Waals surface area (Å²) in [6, 6.07) is 6.49. The van der Waals surface area contributed by atoms with E-state index in [9.17, 15) is 0 Å². The molecule has 2 aliphatic rings. The third kappa shape index (κ3) is 9.68. The molecule has 4 aromatic rings. The fourth-order valence-electron chi connectivity index (χ4n) is 6.72. The largest absolute Gasteiger partial charge is 0.487 e. The van der Waals surface area contributed by atoms with Gasteiger partial charge in [0, 0.05) is 43.5 Å². The normalized spacial score (nSPS) is 22.1. The van der Waals surface area contributed by atoms with Gasteiger partial charge in [0.25, 0.3) is 5.88 Å². The standard InChI is InChI=1S/C35H49ClN10O4/c1-23(2)47-13-6-14-48-34-32(21-46(41-34)30-10-8-29(9-11-30)44-18-24(3)49-25(4)19-44)40-35-37-16-28(17-38-35)27-7-12-31(36)33(15-27)50-26(5)20-45-22-39-42-43-45/h7,12,15-17,21-26,29-30H,6,8-11,13-14,18-20H2,1-5H3,(H,37,38,40)/t24-,25+,26-,29?,30?/m0/s1. The van der Waals surface area contributed by atoms with Gasteiger partial charge in [-0.15, -0.1) is 10.2 Å². The van der Waals surface area contributed by atoms with Crippen LogP contribution in [0.3, 0.4) is 0 Å². The van der Waals surface area contributed by atoms with Crippen LogP contribution in [0.25, 0.3) is 11.1 Å². The van der Waals surface area contributed by atoms with Gasteiger partial charge in [-0.05, 0) is 88.4 Å². The maximum absolute atomic E-state index is 6.47. The first-order valence-corrected chi connectivity index (χ1v) is 18.1. The molecule has 1 aromatic carbocycles. The number of benzene rings is 1. The molecule has 2 fully saturated rings. The number of hydrogen-bond acceptors (Lipinski definition) is 12. The van der Waals surface area contributed by atoms with Crippen molar-refractivity contribution in [1.29, 1.82) is 0 Å². The topological polar surface area (TPSA) is 139 Å². The zero-order valence-electron chi connectivity index (χ0n) is 29.6. The van der Waals surface area contributed by atoms with Gasteiger partial charge < -0.3 is 24.3 Å². The summed E-state index contributed by atoms with van der Waals surface area (Å²) < 4.78 is 27.7. The van der Waals surface area contributed by atoms with Crippen LogP contribution in [0, 0.1) is 0 Å². The first-order valence-electron chi connectivity index (χ1n) is 17.7. The summed E-state index contributed by atoms with van der Waals surface area (Å²) in [5.41, 5.74) is 2.44. The molecule has 3 aromatic heterocycles. The van der Waals surface area contributed by atoms with E-state index in [0.717, 1.165) is 62.0 Å². The van der Waals surface area contributed by atoms with Crippen molar-refractivity contribution in [2.45, 2.75) is 110 Å². The van der Waals surface area contributed by atoms with Crippen LogP contribution in [0.15, 0.2) is 43.1 Å². The average Bonchev–Trinajstić information content (AvgIpc) is 3.75. The summed E-state index contributed by atoms with van der Waals surface area (Å²) in [5, 5.41) is 20.0. The smallest absolute Gasteiger partial charge is 0.256 e. The number of halogens is 1. The molecule has 1 aliphatic carbocycles. The van der Waals surface area contributed by atoms with Gasteiger partial charge in [-0.1, -0.05) is 17.7 Å². The maximum atomic E-state index is 6.47. The van der Waals surface area contributed by atoms with Gasteiger partial charge in [0.15, 0.2) is 0 Å². The Labute approximate surface area is 298 Å². The first-order chi connectivity index (χ1) is 24.2. The van der Waals surface area contributed by atoms with E-state index >= 15 is 0 Å². The molecule has 0 bridgehead atoms. The summed E-state index contributed by atoms with van der Waals surface area (Å²) in [6.45, 7) is 14.0. The number of hydrogen-bond donors (Lipinski definition) is 1. The number of nitrogens with one attached hydrogen (secondary N) is 1. The van der Waals surface area contributed by atoms with Crippen molar-refractivity contribution in [3.8, 4) is 22.8 Å². The SMILES string of the molecule is CC(C)OCCCOc1nn(C2CCC(N3C[C@@H](C)O[C@@H](C)C3)CC2)cc1Nc1ncc(-c2ccc(Cl)c(O[C@@H](C)Cn3cnnn3)c2)cn1. The Hall–Kier alpha value is -3.85. The minimum atomic E-state index is -0.207. The van der Waals surface area contributed by atoms with Crippen molar-refractivity contribution in [1.82, 2.24) is 44.9 Å². The second-order valence-electron chi connectivity index (χ2n) is 13.6. The summed E-state index contributed by atoms with van der Waals surface area (Å²) in [5.74, 6) is 1.54. The third-order valence-electron chi connectivity index (χ3n) is 9.01. The Morgan fingerprint density at radius 3 is 2.42 bits per heavy atom. The Kier molecular flexibility index (Phi) is 12.2. The fourth-order valence-corrected chi connectivity index (χ4v) is 6.88. The van der Waals surface area contributed by atoms with Crippen LogP contribution in [-0.4, -0.2) is 102 Å². The van der Waals surface area contributed by atoms with Gasteiger partial charge in [-0.3, -0.25) is 9.58 Å². The second-order valence-corrected chi connectivity index (χ2v) is 14.1. The van der Waals surface area contributed by atoms with E-state index in [2.05, 4.69) is 54.2 Å². The highest BCUT2D eigenvalue weighted by atomic mass is 35.5. The van der Waals surface area contributed by atoms with Crippen molar-refractivity contribution in [2.75, 3.05) is 31.6 Å². The quantitative estimate of drug-likeness (QED) is 0.145. The lowest BCUT2D eigenvalue weighted by molar-refractivity contribution is -0.0852. The molecule has 0 radical (unpaired) electrons. The van der Waals surface area contributed by atoms with Gasteiger partial charge in [-0.2, -0.15) is 0 Å². The van der Waals surface area contributed by atoms with Crippen molar-refractivity contribution in [2.24, 2.45) is 0 Å². The molecule has 1 saturated carbocycles. The molecule has 4 heterocycles. The predicted molar refractivity (Wildman–Crippen MR) is 190 cm³/mol. The zero-order chi connectivity index (χ0) is 35.0. The lowest BCUT2D eigenvalue weighted by Gasteiger charge is -2.42. The highest BCUT2D eigenvalue weighted by molar-refractivity contribution is 6.32. The molecule has 14 nitrogen and oxygen atoms in total. The molecule has 0 unspecified atom stereocenters. The van der Waals surface area contributed by atoms with E-state index in [4.69, 9.17) is 35.6 Å². The summed E-state index contributed by atoms with van der Waals surface area (Å²) in [4.78, 5) is 11.9. The molecule has 15 heteroatoms. The highest BCUT2D eigenvalue weighted by Crippen LogP contribution is 2.36. The molecule has 1 aliphatic heterocycles. The van der Waals surface area contributed by atoms with Crippen molar-refractivity contribution < 1.29 is 18.9 Å². The minimum Gasteiger partial charge on any atom is -0.487 e. The highest BCUT2D eigenvalue weighted by Gasteiger charge is 2.32. The molecule has 270 valence electrons. The fraction of sp³-hybridized carbons (Fsp3) is 0.600. The van der Waals surface area contributed by atoms with E-state index in [1.165, 1.54) is 0 Å². The van der Waals surface area contributed by atoms with E-state index in [-0.39, 0.29) is 24.4 Å². The van der Waals surface area contributed by atoms with E-state index < -0.39 is 0 Å². The van der Waals surface area contributed by atoms with Gasteiger partial charge in [0.2, 0.25) is 5.95 Å². The van der Waals surface area contributed by atoms with Crippen LogP contribution in [-0.2, 0) is 16.0 Å². The van der Waals surface area contributed by atoms with E-state index in [1.807, 2.05) is 45.2 Å². The molecule has 50 heavy (non-hydrogen) atoms. The lowest BCUT2D eigenvalue weighted by Crippen LogP contribution is -2.51. The molecule has 6 rings (SSSR count). The molecule has 0 amide bonds. The number of aromatic nitrogens is 8. The van der Waals surface area contributed by atoms with Gasteiger partial charge in [-0.25, -0.2) is 14.6 Å². The van der Waals surface area contributed by atoms with Gasteiger partial charge in [0.1, 0.15) is 23.9 Å². The number of tetrazole rings is 1. The van der Waals surface area contributed by atoms with Crippen molar-refractivity contribution in [3.63, 3.8) is 0 Å². The number of ether oxygens (including phenoxy) is 4. The molecular weight excluding hydrogens is 660 g/mol.